The molecule has 1 aliphatic heterocycles. The molecule has 0 aliphatic carbocycles. The molecular formula is C11H15N3O3S. The molecule has 2 rings (SSSR count). The Morgan fingerprint density at radius 1 is 1.61 bits per heavy atom. The van der Waals surface area contributed by atoms with Gasteiger partial charge in [-0.05, 0) is 30.8 Å². The molecule has 0 spiro atoms. The number of carboxylic acids is 1. The molecule has 2 heterocycles. The van der Waals surface area contributed by atoms with Crippen molar-refractivity contribution < 1.29 is 14.7 Å². The third kappa shape index (κ3) is 1.98. The minimum Gasteiger partial charge on any atom is -0.479 e. The lowest BCUT2D eigenvalue weighted by molar-refractivity contribution is -0.148. The molecule has 1 saturated heterocycles. The zero-order valence-electron chi connectivity index (χ0n) is 10.1. The highest BCUT2D eigenvalue weighted by molar-refractivity contribution is 7.03. The second-order valence-corrected chi connectivity index (χ2v) is 5.05. The van der Waals surface area contributed by atoms with Crippen LogP contribution in [0.25, 0.3) is 0 Å². The quantitative estimate of drug-likeness (QED) is 0.893. The number of rotatable bonds is 4. The Labute approximate surface area is 109 Å². The van der Waals surface area contributed by atoms with Crippen LogP contribution in [-0.4, -0.2) is 43.6 Å². The van der Waals surface area contributed by atoms with Crippen LogP contribution in [0.1, 0.15) is 43.1 Å². The smallest absolute Gasteiger partial charge is 0.329 e. The molecule has 7 heteroatoms. The number of aliphatic carboxylic acids is 1. The van der Waals surface area contributed by atoms with Gasteiger partial charge in [0.25, 0.3) is 5.91 Å². The molecule has 18 heavy (non-hydrogen) atoms. The van der Waals surface area contributed by atoms with Gasteiger partial charge >= 0.3 is 5.97 Å². The molecule has 0 radical (unpaired) electrons. The summed E-state index contributed by atoms with van der Waals surface area (Å²) in [4.78, 5) is 25.3. The number of carbonyl (C=O) groups is 2. The molecule has 0 bridgehead atoms. The highest BCUT2D eigenvalue weighted by atomic mass is 32.1. The van der Waals surface area contributed by atoms with Gasteiger partial charge in [-0.2, -0.15) is 0 Å². The molecule has 1 unspecified atom stereocenters. The average molecular weight is 269 g/mol. The molecule has 1 aromatic rings. The van der Waals surface area contributed by atoms with Crippen LogP contribution in [0.3, 0.4) is 0 Å². The van der Waals surface area contributed by atoms with Gasteiger partial charge in [-0.15, -0.1) is 5.10 Å². The molecule has 1 aromatic heterocycles. The molecule has 1 aliphatic rings. The van der Waals surface area contributed by atoms with Gasteiger partial charge in [-0.25, -0.2) is 4.79 Å². The zero-order valence-corrected chi connectivity index (χ0v) is 10.9. The summed E-state index contributed by atoms with van der Waals surface area (Å²) in [6.45, 7) is 2.40. The SMILES string of the molecule is CCCC1(C(=O)O)CCCN1C(=O)c1csnn1. The number of hydrogen-bond donors (Lipinski definition) is 1. The Kier molecular flexibility index (Phi) is 3.60. The van der Waals surface area contributed by atoms with Crippen LogP contribution in [0.5, 0.6) is 0 Å². The molecule has 1 N–H and O–H groups in total. The van der Waals surface area contributed by atoms with Crippen LogP contribution >= 0.6 is 11.5 Å². The summed E-state index contributed by atoms with van der Waals surface area (Å²) in [6, 6.07) is 0. The van der Waals surface area contributed by atoms with E-state index in [9.17, 15) is 14.7 Å². The first kappa shape index (κ1) is 12.9. The van der Waals surface area contributed by atoms with Crippen molar-refractivity contribution in [1.82, 2.24) is 14.5 Å². The summed E-state index contributed by atoms with van der Waals surface area (Å²) in [6.07, 6.45) is 2.44. The second-order valence-electron chi connectivity index (χ2n) is 4.44. The molecule has 1 fully saturated rings. The van der Waals surface area contributed by atoms with E-state index in [4.69, 9.17) is 0 Å². The lowest BCUT2D eigenvalue weighted by atomic mass is 9.90. The average Bonchev–Trinajstić information content (AvgIpc) is 2.98. The van der Waals surface area contributed by atoms with Crippen molar-refractivity contribution >= 4 is 23.4 Å². The molecule has 6 nitrogen and oxygen atoms in total. The van der Waals surface area contributed by atoms with Gasteiger partial charge in [-0.1, -0.05) is 17.8 Å². The fourth-order valence-corrected chi connectivity index (χ4v) is 3.00. The van der Waals surface area contributed by atoms with E-state index in [-0.39, 0.29) is 11.6 Å². The van der Waals surface area contributed by atoms with E-state index >= 15 is 0 Å². The van der Waals surface area contributed by atoms with Gasteiger partial charge in [-0.3, -0.25) is 4.79 Å². The van der Waals surface area contributed by atoms with Crippen molar-refractivity contribution in [2.75, 3.05) is 6.54 Å². The maximum absolute atomic E-state index is 12.3. The summed E-state index contributed by atoms with van der Waals surface area (Å²) in [7, 11) is 0. The van der Waals surface area contributed by atoms with E-state index in [0.29, 0.717) is 19.4 Å². The maximum Gasteiger partial charge on any atom is 0.329 e. The number of hydrogen-bond acceptors (Lipinski definition) is 5. The fraction of sp³-hybridized carbons (Fsp3) is 0.636. The maximum atomic E-state index is 12.3. The third-order valence-electron chi connectivity index (χ3n) is 3.37. The Morgan fingerprint density at radius 3 is 2.94 bits per heavy atom. The van der Waals surface area contributed by atoms with Crippen molar-refractivity contribution in [3.8, 4) is 0 Å². The molecule has 1 amide bonds. The van der Waals surface area contributed by atoms with Gasteiger partial charge < -0.3 is 10.0 Å². The normalized spacial score (nSPS) is 23.3. The van der Waals surface area contributed by atoms with Crippen molar-refractivity contribution in [1.29, 1.82) is 0 Å². The lowest BCUT2D eigenvalue weighted by Gasteiger charge is -2.34. The Hall–Kier alpha value is -1.50. The first-order valence-electron chi connectivity index (χ1n) is 5.94. The highest BCUT2D eigenvalue weighted by Gasteiger charge is 2.49. The molecule has 0 aromatic carbocycles. The topological polar surface area (TPSA) is 83.4 Å². The standard InChI is InChI=1S/C11H15N3O3S/c1-2-4-11(10(16)17)5-3-6-14(11)9(15)8-7-18-13-12-8/h7H,2-6H2,1H3,(H,16,17). The number of aromatic nitrogens is 2. The van der Waals surface area contributed by atoms with Crippen molar-refractivity contribution in [2.24, 2.45) is 0 Å². The Morgan fingerprint density at radius 2 is 2.39 bits per heavy atom. The van der Waals surface area contributed by atoms with Crippen molar-refractivity contribution in [3.63, 3.8) is 0 Å². The molecule has 1 atom stereocenters. The minimum atomic E-state index is -1.06. The molecule has 0 saturated carbocycles. The van der Waals surface area contributed by atoms with Crippen LogP contribution in [0.15, 0.2) is 5.38 Å². The lowest BCUT2D eigenvalue weighted by Crippen LogP contribution is -2.53. The van der Waals surface area contributed by atoms with Gasteiger partial charge in [0.15, 0.2) is 5.69 Å². The zero-order chi connectivity index (χ0) is 13.2. The van der Waals surface area contributed by atoms with Gasteiger partial charge in [0, 0.05) is 11.9 Å². The third-order valence-corrected chi connectivity index (χ3v) is 3.88. The number of amides is 1. The highest BCUT2D eigenvalue weighted by Crippen LogP contribution is 2.35. The van der Waals surface area contributed by atoms with Crippen molar-refractivity contribution in [3.05, 3.63) is 11.1 Å². The Bertz CT molecular complexity index is 448. The summed E-state index contributed by atoms with van der Waals surface area (Å²) in [5.41, 5.74) is -0.821. The molecular weight excluding hydrogens is 254 g/mol. The predicted octanol–water partition coefficient (Wildman–Crippen LogP) is 1.40. The predicted molar refractivity (Wildman–Crippen MR) is 65.5 cm³/mol. The van der Waals surface area contributed by atoms with E-state index in [2.05, 4.69) is 9.59 Å². The number of nitrogens with zero attached hydrogens (tertiary/aromatic N) is 3. The van der Waals surface area contributed by atoms with Crippen LogP contribution in [-0.2, 0) is 4.79 Å². The Balaban J connectivity index is 2.30. The fourth-order valence-electron chi connectivity index (χ4n) is 2.57. The van der Waals surface area contributed by atoms with Crippen molar-refractivity contribution in [2.45, 2.75) is 38.1 Å². The van der Waals surface area contributed by atoms with Crippen LogP contribution < -0.4 is 0 Å². The van der Waals surface area contributed by atoms with Gasteiger partial charge in [0.2, 0.25) is 0 Å². The first-order chi connectivity index (χ1) is 8.62. The summed E-state index contributed by atoms with van der Waals surface area (Å²) < 4.78 is 3.65. The van der Waals surface area contributed by atoms with Gasteiger partial charge in [0.05, 0.1) is 0 Å². The summed E-state index contributed by atoms with van der Waals surface area (Å²) >= 11 is 1.09. The van der Waals surface area contributed by atoms with Gasteiger partial charge in [0.1, 0.15) is 5.54 Å². The van der Waals surface area contributed by atoms with Crippen LogP contribution in [0.4, 0.5) is 0 Å². The monoisotopic (exact) mass is 269 g/mol. The number of likely N-dealkylation sites (tertiary alicyclic amines) is 1. The minimum absolute atomic E-state index is 0.239. The first-order valence-corrected chi connectivity index (χ1v) is 6.78. The number of carbonyl (C=O) groups excluding carboxylic acids is 1. The van der Waals surface area contributed by atoms with Crippen LogP contribution in [0.2, 0.25) is 0 Å². The van der Waals surface area contributed by atoms with E-state index in [1.807, 2.05) is 6.92 Å². The summed E-state index contributed by atoms with van der Waals surface area (Å²) in [5.74, 6) is -1.24. The van der Waals surface area contributed by atoms with Crippen LogP contribution in [0, 0.1) is 0 Å². The number of carboxylic acid groups (broad SMARTS) is 1. The van der Waals surface area contributed by atoms with E-state index in [1.54, 1.807) is 5.38 Å². The largest absolute Gasteiger partial charge is 0.479 e. The van der Waals surface area contributed by atoms with E-state index in [0.717, 1.165) is 24.4 Å². The second kappa shape index (κ2) is 5.01. The van der Waals surface area contributed by atoms with E-state index < -0.39 is 11.5 Å². The van der Waals surface area contributed by atoms with E-state index in [1.165, 1.54) is 4.90 Å². The molecule has 98 valence electrons. The summed E-state index contributed by atoms with van der Waals surface area (Å²) in [5, 5.41) is 14.8.